The van der Waals surface area contributed by atoms with Crippen molar-refractivity contribution in [1.82, 2.24) is 9.80 Å². The summed E-state index contributed by atoms with van der Waals surface area (Å²) < 4.78 is 0. The van der Waals surface area contributed by atoms with Crippen LogP contribution in [0.1, 0.15) is 25.7 Å². The van der Waals surface area contributed by atoms with Crippen LogP contribution in [0.3, 0.4) is 0 Å². The van der Waals surface area contributed by atoms with Crippen LogP contribution < -0.4 is 0 Å². The second-order valence-corrected chi connectivity index (χ2v) is 4.66. The normalized spacial score (nSPS) is 27.4. The minimum atomic E-state index is 0.346. The van der Waals surface area contributed by atoms with E-state index in [1.165, 1.54) is 19.3 Å². The van der Waals surface area contributed by atoms with Crippen molar-refractivity contribution < 1.29 is 4.79 Å². The monoisotopic (exact) mass is 208 g/mol. The molecule has 0 aromatic carbocycles. The number of likely N-dealkylation sites (N-methyl/N-ethyl adjacent to an activating group) is 1. The molecule has 0 radical (unpaired) electrons. The number of carbonyl (C=O) groups excluding carboxylic acids is 1. The van der Waals surface area contributed by atoms with E-state index in [1.807, 2.05) is 0 Å². The van der Waals surface area contributed by atoms with Gasteiger partial charge in [0.2, 0.25) is 0 Å². The van der Waals surface area contributed by atoms with Crippen LogP contribution in [0.25, 0.3) is 0 Å². The maximum atomic E-state index is 11.7. The molecule has 15 heavy (non-hydrogen) atoms. The highest BCUT2D eigenvalue weighted by Crippen LogP contribution is 2.14. The number of rotatable bonds is 1. The molecule has 0 amide bonds. The van der Waals surface area contributed by atoms with Gasteiger partial charge >= 0.3 is 0 Å². The van der Waals surface area contributed by atoms with Crippen molar-refractivity contribution in [3.63, 3.8) is 0 Å². The number of likely N-dealkylation sites (tertiary alicyclic amines) is 2. The van der Waals surface area contributed by atoms with Crippen molar-refractivity contribution in [2.45, 2.75) is 25.7 Å². The molecule has 0 N–H and O–H groups in total. The van der Waals surface area contributed by atoms with Crippen LogP contribution in [0.15, 0.2) is 11.8 Å². The number of Topliss-reactive ketones (excluding diaryl/α,β-unsaturated/α-hetero) is 1. The lowest BCUT2D eigenvalue weighted by Crippen LogP contribution is -2.34. The van der Waals surface area contributed by atoms with Gasteiger partial charge in [0.15, 0.2) is 5.78 Å². The van der Waals surface area contributed by atoms with Gasteiger partial charge in [0, 0.05) is 44.4 Å². The highest BCUT2D eigenvalue weighted by molar-refractivity contribution is 5.96. The lowest BCUT2D eigenvalue weighted by molar-refractivity contribution is -0.117. The standard InChI is InChI=1S/C12H20N2O/c1-13-8-5-12(15)11(9-13)10-14-6-3-2-4-7-14/h10H,2-9H2,1H3. The summed E-state index contributed by atoms with van der Waals surface area (Å²) in [6.45, 7) is 3.99. The number of nitrogens with zero attached hydrogens (tertiary/aromatic N) is 2. The Morgan fingerprint density at radius 3 is 2.60 bits per heavy atom. The highest BCUT2D eigenvalue weighted by Gasteiger charge is 2.19. The Balaban J connectivity index is 1.99. The third-order valence-corrected chi connectivity index (χ3v) is 3.25. The highest BCUT2D eigenvalue weighted by atomic mass is 16.1. The zero-order valence-corrected chi connectivity index (χ0v) is 9.54. The van der Waals surface area contributed by atoms with Crippen molar-refractivity contribution in [2.24, 2.45) is 0 Å². The quantitative estimate of drug-likeness (QED) is 0.606. The molecule has 84 valence electrons. The molecular weight excluding hydrogens is 188 g/mol. The van der Waals surface area contributed by atoms with Gasteiger partial charge in [-0.1, -0.05) is 0 Å². The predicted octanol–water partition coefficient (Wildman–Crippen LogP) is 1.26. The first-order valence-corrected chi connectivity index (χ1v) is 5.92. The number of ketones is 1. The van der Waals surface area contributed by atoms with Crippen LogP contribution in [-0.4, -0.2) is 48.8 Å². The fourth-order valence-electron chi connectivity index (χ4n) is 2.29. The van der Waals surface area contributed by atoms with Gasteiger partial charge in [0.25, 0.3) is 0 Å². The molecule has 0 saturated carbocycles. The van der Waals surface area contributed by atoms with Gasteiger partial charge in [-0.05, 0) is 26.3 Å². The lowest BCUT2D eigenvalue weighted by Gasteiger charge is -2.29. The summed E-state index contributed by atoms with van der Waals surface area (Å²) in [5, 5.41) is 0. The van der Waals surface area contributed by atoms with Crippen LogP contribution in [0, 0.1) is 0 Å². The molecular formula is C12H20N2O. The number of carbonyl (C=O) groups is 1. The third kappa shape index (κ3) is 2.81. The third-order valence-electron chi connectivity index (χ3n) is 3.25. The average Bonchev–Trinajstić information content (AvgIpc) is 2.25. The first-order chi connectivity index (χ1) is 7.25. The van der Waals surface area contributed by atoms with Crippen LogP contribution in [0.4, 0.5) is 0 Å². The van der Waals surface area contributed by atoms with Gasteiger partial charge < -0.3 is 9.80 Å². The summed E-state index contributed by atoms with van der Waals surface area (Å²) in [6, 6.07) is 0. The Labute approximate surface area is 91.7 Å². The summed E-state index contributed by atoms with van der Waals surface area (Å²) in [7, 11) is 2.08. The molecule has 3 heteroatoms. The number of hydrogen-bond donors (Lipinski definition) is 0. The first kappa shape index (κ1) is 10.7. The summed E-state index contributed by atoms with van der Waals surface area (Å²) in [4.78, 5) is 16.2. The van der Waals surface area contributed by atoms with E-state index in [4.69, 9.17) is 0 Å². The fourth-order valence-corrected chi connectivity index (χ4v) is 2.29. The van der Waals surface area contributed by atoms with Gasteiger partial charge in [0.1, 0.15) is 0 Å². The molecule has 2 aliphatic heterocycles. The second kappa shape index (κ2) is 4.79. The van der Waals surface area contributed by atoms with Crippen molar-refractivity contribution in [2.75, 3.05) is 33.2 Å². The predicted molar refractivity (Wildman–Crippen MR) is 60.6 cm³/mol. The van der Waals surface area contributed by atoms with E-state index >= 15 is 0 Å². The summed E-state index contributed by atoms with van der Waals surface area (Å²) >= 11 is 0. The molecule has 3 nitrogen and oxygen atoms in total. The molecule has 2 rings (SSSR count). The van der Waals surface area contributed by atoms with Crippen molar-refractivity contribution in [1.29, 1.82) is 0 Å². The smallest absolute Gasteiger partial charge is 0.162 e. The van der Waals surface area contributed by atoms with E-state index in [-0.39, 0.29) is 0 Å². The van der Waals surface area contributed by atoms with E-state index in [2.05, 4.69) is 23.0 Å². The number of hydrogen-bond acceptors (Lipinski definition) is 3. The van der Waals surface area contributed by atoms with Gasteiger partial charge in [-0.2, -0.15) is 0 Å². The summed E-state index contributed by atoms with van der Waals surface area (Å²) in [5.41, 5.74) is 1.01. The zero-order chi connectivity index (χ0) is 10.7. The topological polar surface area (TPSA) is 23.6 Å². The molecule has 0 spiro atoms. The molecule has 2 fully saturated rings. The van der Waals surface area contributed by atoms with Crippen molar-refractivity contribution >= 4 is 5.78 Å². The van der Waals surface area contributed by atoms with Crippen molar-refractivity contribution in [3.05, 3.63) is 11.8 Å². The van der Waals surface area contributed by atoms with E-state index in [9.17, 15) is 4.79 Å². The molecule has 2 heterocycles. The lowest BCUT2D eigenvalue weighted by atomic mass is 10.0. The molecule has 0 aromatic heterocycles. The van der Waals surface area contributed by atoms with E-state index in [0.29, 0.717) is 12.2 Å². The minimum absolute atomic E-state index is 0.346. The average molecular weight is 208 g/mol. The van der Waals surface area contributed by atoms with E-state index in [0.717, 1.165) is 31.8 Å². The molecule has 0 aliphatic carbocycles. The van der Waals surface area contributed by atoms with Crippen LogP contribution >= 0.6 is 0 Å². The summed E-state index contributed by atoms with van der Waals surface area (Å²) in [6.07, 6.45) is 6.68. The Morgan fingerprint density at radius 2 is 1.87 bits per heavy atom. The Hall–Kier alpha value is -0.830. The van der Waals surface area contributed by atoms with Gasteiger partial charge in [-0.3, -0.25) is 4.79 Å². The van der Waals surface area contributed by atoms with Gasteiger partial charge in [-0.25, -0.2) is 0 Å². The van der Waals surface area contributed by atoms with E-state index in [1.54, 1.807) is 0 Å². The Morgan fingerprint density at radius 1 is 1.13 bits per heavy atom. The molecule has 2 saturated heterocycles. The SMILES string of the molecule is CN1CCC(=O)C(=CN2CCCCC2)C1. The fraction of sp³-hybridized carbons (Fsp3) is 0.750. The van der Waals surface area contributed by atoms with Gasteiger partial charge in [-0.15, -0.1) is 0 Å². The van der Waals surface area contributed by atoms with Crippen LogP contribution in [0.2, 0.25) is 0 Å². The second-order valence-electron chi connectivity index (χ2n) is 4.66. The van der Waals surface area contributed by atoms with E-state index < -0.39 is 0 Å². The molecule has 0 bridgehead atoms. The van der Waals surface area contributed by atoms with Crippen LogP contribution in [-0.2, 0) is 4.79 Å². The van der Waals surface area contributed by atoms with Crippen LogP contribution in [0.5, 0.6) is 0 Å². The molecule has 2 aliphatic rings. The molecule has 0 aromatic rings. The molecule has 0 unspecified atom stereocenters. The Kier molecular flexibility index (Phi) is 3.41. The zero-order valence-electron chi connectivity index (χ0n) is 9.54. The largest absolute Gasteiger partial charge is 0.377 e. The Bertz CT molecular complexity index is 267. The summed E-state index contributed by atoms with van der Waals surface area (Å²) in [5.74, 6) is 0.346. The minimum Gasteiger partial charge on any atom is -0.377 e. The first-order valence-electron chi connectivity index (χ1n) is 5.92. The molecule has 0 atom stereocenters. The maximum Gasteiger partial charge on any atom is 0.162 e. The van der Waals surface area contributed by atoms with Crippen molar-refractivity contribution in [3.8, 4) is 0 Å². The maximum absolute atomic E-state index is 11.7. The number of piperidine rings is 2. The van der Waals surface area contributed by atoms with Gasteiger partial charge in [0.05, 0.1) is 0 Å².